The van der Waals surface area contributed by atoms with Crippen molar-refractivity contribution >= 4 is 35.2 Å². The Hall–Kier alpha value is -2.83. The molecule has 1 N–H and O–H groups in total. The van der Waals surface area contributed by atoms with Crippen LogP contribution in [0.25, 0.3) is 0 Å². The van der Waals surface area contributed by atoms with Crippen LogP contribution < -0.4 is 5.32 Å². The molecule has 4 nitrogen and oxygen atoms in total. The van der Waals surface area contributed by atoms with Crippen molar-refractivity contribution in [2.75, 3.05) is 12.3 Å². The number of hydrogen-bond donors (Lipinski definition) is 1. The molecule has 0 bridgehead atoms. The lowest BCUT2D eigenvalue weighted by atomic mass is 10.0. The maximum atomic E-state index is 14.6. The Morgan fingerprint density at radius 3 is 2.32 bits per heavy atom. The lowest BCUT2D eigenvalue weighted by Gasteiger charge is -2.32. The topological polar surface area (TPSA) is 49.4 Å². The minimum absolute atomic E-state index is 0.0302. The largest absolute Gasteiger partial charge is 0.354 e. The molecule has 2 amide bonds. The van der Waals surface area contributed by atoms with E-state index in [0.29, 0.717) is 30.0 Å². The van der Waals surface area contributed by atoms with Gasteiger partial charge in [-0.15, -0.1) is 11.8 Å². The maximum absolute atomic E-state index is 14.6. The highest BCUT2D eigenvalue weighted by molar-refractivity contribution is 7.99. The predicted molar refractivity (Wildman–Crippen MR) is 150 cm³/mol. The van der Waals surface area contributed by atoms with E-state index in [1.54, 1.807) is 34.9 Å². The van der Waals surface area contributed by atoms with Gasteiger partial charge in [-0.05, 0) is 54.0 Å². The van der Waals surface area contributed by atoms with Crippen molar-refractivity contribution in [1.82, 2.24) is 10.2 Å². The van der Waals surface area contributed by atoms with Gasteiger partial charge in [0.05, 0.1) is 0 Å². The standard InChI is InChI=1S/C30H34ClFN2O2S/c1-22(2)20-33-30(36)28(19-23-9-4-3-5-10-23)34(21-24-11-6-7-12-27(24)32)29(35)13-8-18-37-26-16-14-25(31)15-17-26/h3-7,9-12,14-17,22,28H,8,13,18-21H2,1-2H3,(H,33,36)/t28-/m0/s1. The molecule has 0 spiro atoms. The minimum atomic E-state index is -0.753. The van der Waals surface area contributed by atoms with E-state index in [1.165, 1.54) is 6.07 Å². The lowest BCUT2D eigenvalue weighted by molar-refractivity contribution is -0.141. The van der Waals surface area contributed by atoms with Gasteiger partial charge in [-0.1, -0.05) is 74.0 Å². The highest BCUT2D eigenvalue weighted by Crippen LogP contribution is 2.23. The molecule has 3 rings (SSSR count). The fourth-order valence-electron chi connectivity index (χ4n) is 3.87. The van der Waals surface area contributed by atoms with Crippen LogP contribution >= 0.6 is 23.4 Å². The van der Waals surface area contributed by atoms with Crippen molar-refractivity contribution in [2.24, 2.45) is 5.92 Å². The summed E-state index contributed by atoms with van der Waals surface area (Å²) >= 11 is 7.61. The van der Waals surface area contributed by atoms with Gasteiger partial charge in [-0.25, -0.2) is 4.39 Å². The number of nitrogens with zero attached hydrogens (tertiary/aromatic N) is 1. The summed E-state index contributed by atoms with van der Waals surface area (Å²) < 4.78 is 14.6. The van der Waals surface area contributed by atoms with Crippen LogP contribution in [0.15, 0.2) is 83.8 Å². The lowest BCUT2D eigenvalue weighted by Crippen LogP contribution is -2.51. The molecule has 0 aromatic heterocycles. The van der Waals surface area contributed by atoms with Crippen LogP contribution in [0.2, 0.25) is 5.02 Å². The summed E-state index contributed by atoms with van der Waals surface area (Å²) in [4.78, 5) is 29.6. The molecule has 7 heteroatoms. The average molecular weight is 541 g/mol. The van der Waals surface area contributed by atoms with Crippen LogP contribution in [0.4, 0.5) is 4.39 Å². The number of amides is 2. The third-order valence-electron chi connectivity index (χ3n) is 5.87. The van der Waals surface area contributed by atoms with E-state index >= 15 is 0 Å². The number of thioether (sulfide) groups is 1. The Bertz CT molecular complexity index is 1140. The first kappa shape index (κ1) is 28.7. The predicted octanol–water partition coefficient (Wildman–Crippen LogP) is 6.76. The van der Waals surface area contributed by atoms with Gasteiger partial charge in [0.2, 0.25) is 11.8 Å². The van der Waals surface area contributed by atoms with Crippen LogP contribution in [-0.4, -0.2) is 35.1 Å². The molecule has 0 aliphatic rings. The van der Waals surface area contributed by atoms with Gasteiger partial charge in [0.25, 0.3) is 0 Å². The second-order valence-corrected chi connectivity index (χ2v) is 11.0. The Morgan fingerprint density at radius 1 is 0.973 bits per heavy atom. The molecule has 0 aliphatic heterocycles. The van der Waals surface area contributed by atoms with E-state index in [9.17, 15) is 14.0 Å². The number of carbonyl (C=O) groups is 2. The fraction of sp³-hybridized carbons (Fsp3) is 0.333. The van der Waals surface area contributed by atoms with Crippen molar-refractivity contribution < 1.29 is 14.0 Å². The summed E-state index contributed by atoms with van der Waals surface area (Å²) in [7, 11) is 0. The Kier molecular flexibility index (Phi) is 11.5. The zero-order valence-corrected chi connectivity index (χ0v) is 22.9. The van der Waals surface area contributed by atoms with E-state index in [2.05, 4.69) is 5.32 Å². The van der Waals surface area contributed by atoms with Gasteiger partial charge in [-0.2, -0.15) is 0 Å². The molecule has 0 saturated heterocycles. The van der Waals surface area contributed by atoms with E-state index in [1.807, 2.05) is 68.4 Å². The van der Waals surface area contributed by atoms with E-state index in [4.69, 9.17) is 11.6 Å². The van der Waals surface area contributed by atoms with Crippen molar-refractivity contribution in [1.29, 1.82) is 0 Å². The quantitative estimate of drug-likeness (QED) is 0.192. The third kappa shape index (κ3) is 9.52. The minimum Gasteiger partial charge on any atom is -0.354 e. The fourth-order valence-corrected chi connectivity index (χ4v) is 4.85. The number of nitrogens with one attached hydrogen (secondary N) is 1. The van der Waals surface area contributed by atoms with Gasteiger partial charge < -0.3 is 10.2 Å². The summed E-state index contributed by atoms with van der Waals surface area (Å²) in [5.74, 6) is 0.226. The van der Waals surface area contributed by atoms with Crippen LogP contribution in [0, 0.1) is 11.7 Å². The molecule has 0 unspecified atom stereocenters. The number of hydrogen-bond acceptors (Lipinski definition) is 3. The van der Waals surface area contributed by atoms with Crippen molar-refractivity contribution in [3.05, 3.63) is 101 Å². The summed E-state index contributed by atoms with van der Waals surface area (Å²) in [6.07, 6.45) is 1.24. The number of rotatable bonds is 13. The zero-order valence-electron chi connectivity index (χ0n) is 21.3. The molecule has 3 aromatic rings. The molecule has 3 aromatic carbocycles. The molecule has 0 aliphatic carbocycles. The van der Waals surface area contributed by atoms with Crippen molar-refractivity contribution in [2.45, 2.75) is 50.6 Å². The summed E-state index contributed by atoms with van der Waals surface area (Å²) in [6.45, 7) is 4.58. The average Bonchev–Trinajstić information content (AvgIpc) is 2.89. The Labute approximate surface area is 228 Å². The molecular weight excluding hydrogens is 507 g/mol. The molecule has 0 fully saturated rings. The third-order valence-corrected chi connectivity index (χ3v) is 7.22. The SMILES string of the molecule is CC(C)CNC(=O)[C@H](Cc1ccccc1)N(Cc1ccccc1F)C(=O)CCCSc1ccc(Cl)cc1. The first-order valence-electron chi connectivity index (χ1n) is 12.6. The monoisotopic (exact) mass is 540 g/mol. The molecular formula is C30H34ClFN2O2S. The molecule has 1 atom stereocenters. The first-order chi connectivity index (χ1) is 17.8. The van der Waals surface area contributed by atoms with Gasteiger partial charge in [0.15, 0.2) is 0 Å². The van der Waals surface area contributed by atoms with Gasteiger partial charge in [0, 0.05) is 41.4 Å². The normalized spacial score (nSPS) is 11.8. The first-order valence-corrected chi connectivity index (χ1v) is 13.9. The maximum Gasteiger partial charge on any atom is 0.243 e. The Morgan fingerprint density at radius 2 is 1.65 bits per heavy atom. The molecule has 0 radical (unpaired) electrons. The highest BCUT2D eigenvalue weighted by atomic mass is 35.5. The van der Waals surface area contributed by atoms with Crippen molar-refractivity contribution in [3.8, 4) is 0 Å². The second-order valence-electron chi connectivity index (χ2n) is 9.36. The molecule has 37 heavy (non-hydrogen) atoms. The second kappa shape index (κ2) is 14.8. The summed E-state index contributed by atoms with van der Waals surface area (Å²) in [6, 6.07) is 22.9. The van der Waals surface area contributed by atoms with E-state index in [-0.39, 0.29) is 36.5 Å². The summed E-state index contributed by atoms with van der Waals surface area (Å²) in [5, 5.41) is 3.67. The number of carbonyl (C=O) groups excluding carboxylic acids is 2. The zero-order chi connectivity index (χ0) is 26.6. The summed E-state index contributed by atoms with van der Waals surface area (Å²) in [5.41, 5.74) is 1.33. The number of benzene rings is 3. The van der Waals surface area contributed by atoms with Crippen LogP contribution in [-0.2, 0) is 22.6 Å². The smallest absolute Gasteiger partial charge is 0.243 e. The van der Waals surface area contributed by atoms with Crippen molar-refractivity contribution in [3.63, 3.8) is 0 Å². The molecule has 0 saturated carbocycles. The van der Waals surface area contributed by atoms with Gasteiger partial charge in [0.1, 0.15) is 11.9 Å². The Balaban J connectivity index is 1.79. The molecule has 196 valence electrons. The van der Waals surface area contributed by atoms with Crippen LogP contribution in [0.1, 0.15) is 37.8 Å². The van der Waals surface area contributed by atoms with Gasteiger partial charge in [-0.3, -0.25) is 9.59 Å². The molecule has 0 heterocycles. The highest BCUT2D eigenvalue weighted by Gasteiger charge is 2.30. The van der Waals surface area contributed by atoms with E-state index < -0.39 is 6.04 Å². The van der Waals surface area contributed by atoms with Crippen LogP contribution in [0.3, 0.4) is 0 Å². The van der Waals surface area contributed by atoms with E-state index in [0.717, 1.165) is 16.2 Å². The number of halogens is 2. The van der Waals surface area contributed by atoms with Crippen LogP contribution in [0.5, 0.6) is 0 Å². The van der Waals surface area contributed by atoms with Gasteiger partial charge >= 0.3 is 0 Å².